The molecule has 0 spiro atoms. The van der Waals surface area contributed by atoms with Crippen LogP contribution in [0.5, 0.6) is 5.75 Å². The Labute approximate surface area is 190 Å². The second-order valence-electron chi connectivity index (χ2n) is 7.53. The molecule has 7 nitrogen and oxygen atoms in total. The number of hydrogen-bond donors (Lipinski definition) is 1. The molecular formula is C21H21BrF3N5O2. The normalized spacial score (nSPS) is 13.9. The fraction of sp³-hybridized carbons (Fsp3) is 0.381. The largest absolute Gasteiger partial charge is 0.471 e. The number of carbonyl (C=O) groups is 1. The predicted octanol–water partition coefficient (Wildman–Crippen LogP) is 4.59. The maximum absolute atomic E-state index is 13.0. The summed E-state index contributed by atoms with van der Waals surface area (Å²) in [6, 6.07) is 10.1. The minimum absolute atomic E-state index is 0.150. The number of alkyl halides is 3. The average molecular weight is 512 g/mol. The maximum Gasteiger partial charge on any atom is 0.435 e. The van der Waals surface area contributed by atoms with Crippen molar-refractivity contribution in [2.75, 3.05) is 6.54 Å². The van der Waals surface area contributed by atoms with E-state index in [0.717, 1.165) is 23.4 Å². The topological polar surface area (TPSA) is 74.0 Å². The molecule has 0 saturated heterocycles. The van der Waals surface area contributed by atoms with E-state index in [1.54, 1.807) is 12.3 Å². The molecule has 1 aliphatic carbocycles. The van der Waals surface area contributed by atoms with Gasteiger partial charge in [-0.05, 0) is 55.7 Å². The summed E-state index contributed by atoms with van der Waals surface area (Å²) in [5, 5.41) is 10.6. The molecule has 11 heteroatoms. The van der Waals surface area contributed by atoms with Crippen LogP contribution in [0, 0.1) is 0 Å². The molecule has 1 amide bonds. The molecule has 1 saturated carbocycles. The van der Waals surface area contributed by atoms with Gasteiger partial charge in [-0.2, -0.15) is 23.4 Å². The van der Waals surface area contributed by atoms with Crippen molar-refractivity contribution in [3.05, 3.63) is 64.1 Å². The molecule has 32 heavy (non-hydrogen) atoms. The van der Waals surface area contributed by atoms with Crippen LogP contribution >= 0.6 is 15.9 Å². The highest BCUT2D eigenvalue weighted by Gasteiger charge is 2.37. The molecule has 0 bridgehead atoms. The zero-order valence-electron chi connectivity index (χ0n) is 17.0. The zero-order chi connectivity index (χ0) is 22.7. The Morgan fingerprint density at radius 1 is 1.19 bits per heavy atom. The number of nitrogens with zero attached hydrogens (tertiary/aromatic N) is 4. The van der Waals surface area contributed by atoms with Gasteiger partial charge >= 0.3 is 6.18 Å². The third kappa shape index (κ3) is 5.70. The standard InChI is InChI=1S/C21H21BrF3N5O2/c22-15-4-6-16(7-5-15)32-13-29-11-8-17(27-29)20(31)26-9-1-10-30-18(14-2-3-14)12-19(28-30)21(23,24)25/h4-8,11-12,14H,1-3,9-10,13H2,(H,26,31). The van der Waals surface area contributed by atoms with E-state index in [0.29, 0.717) is 31.0 Å². The van der Waals surface area contributed by atoms with Crippen molar-refractivity contribution in [1.82, 2.24) is 24.9 Å². The van der Waals surface area contributed by atoms with Crippen molar-refractivity contribution in [2.24, 2.45) is 0 Å². The minimum atomic E-state index is -4.46. The highest BCUT2D eigenvalue weighted by atomic mass is 79.9. The van der Waals surface area contributed by atoms with Crippen LogP contribution in [0.25, 0.3) is 0 Å². The van der Waals surface area contributed by atoms with Gasteiger partial charge in [-0.15, -0.1) is 0 Å². The molecule has 1 fully saturated rings. The number of benzene rings is 1. The lowest BCUT2D eigenvalue weighted by Gasteiger charge is -2.08. The Morgan fingerprint density at radius 3 is 2.62 bits per heavy atom. The van der Waals surface area contributed by atoms with Crippen LogP contribution in [-0.4, -0.2) is 32.0 Å². The Kier molecular flexibility index (Phi) is 6.54. The summed E-state index contributed by atoms with van der Waals surface area (Å²) in [6.45, 7) is 0.754. The molecule has 0 atom stereocenters. The fourth-order valence-corrected chi connectivity index (χ4v) is 3.47. The number of ether oxygens (including phenoxy) is 1. The van der Waals surface area contributed by atoms with Gasteiger partial charge in [0, 0.05) is 35.4 Å². The van der Waals surface area contributed by atoms with Crippen LogP contribution in [0.1, 0.15) is 47.1 Å². The number of halogens is 4. The third-order valence-electron chi connectivity index (χ3n) is 4.98. The zero-order valence-corrected chi connectivity index (χ0v) is 18.6. The Balaban J connectivity index is 1.24. The fourth-order valence-electron chi connectivity index (χ4n) is 3.20. The number of hydrogen-bond acceptors (Lipinski definition) is 4. The van der Waals surface area contributed by atoms with E-state index >= 15 is 0 Å². The lowest BCUT2D eigenvalue weighted by atomic mass is 10.2. The van der Waals surface area contributed by atoms with Crippen molar-refractivity contribution in [1.29, 1.82) is 0 Å². The number of carbonyl (C=O) groups excluding carboxylic acids is 1. The van der Waals surface area contributed by atoms with Gasteiger partial charge in [-0.1, -0.05) is 15.9 Å². The number of aromatic nitrogens is 4. The predicted molar refractivity (Wildman–Crippen MR) is 113 cm³/mol. The SMILES string of the molecule is O=C(NCCCn1nc(C(F)(F)F)cc1C1CC1)c1ccn(COc2ccc(Br)cc2)n1. The van der Waals surface area contributed by atoms with E-state index in [9.17, 15) is 18.0 Å². The summed E-state index contributed by atoms with van der Waals surface area (Å²) in [4.78, 5) is 12.3. The summed E-state index contributed by atoms with van der Waals surface area (Å²) in [5.41, 5.74) is -0.00553. The third-order valence-corrected chi connectivity index (χ3v) is 5.51. The van der Waals surface area contributed by atoms with Crippen LogP contribution in [0.2, 0.25) is 0 Å². The number of amides is 1. The molecule has 2 heterocycles. The van der Waals surface area contributed by atoms with Crippen molar-refractivity contribution >= 4 is 21.8 Å². The number of aryl methyl sites for hydroxylation is 1. The quantitative estimate of drug-likeness (QED) is 0.426. The van der Waals surface area contributed by atoms with E-state index in [1.807, 2.05) is 24.3 Å². The smallest absolute Gasteiger partial charge is 0.435 e. The van der Waals surface area contributed by atoms with Gasteiger partial charge in [-0.25, -0.2) is 4.68 Å². The molecule has 3 aromatic rings. The second-order valence-corrected chi connectivity index (χ2v) is 8.44. The maximum atomic E-state index is 13.0. The van der Waals surface area contributed by atoms with Crippen molar-refractivity contribution in [3.63, 3.8) is 0 Å². The van der Waals surface area contributed by atoms with Crippen molar-refractivity contribution in [3.8, 4) is 5.75 Å². The first-order chi connectivity index (χ1) is 15.3. The first-order valence-electron chi connectivity index (χ1n) is 10.1. The molecule has 1 aliphatic rings. The molecule has 2 aromatic heterocycles. The van der Waals surface area contributed by atoms with Crippen LogP contribution in [0.4, 0.5) is 13.2 Å². The summed E-state index contributed by atoms with van der Waals surface area (Å²) in [7, 11) is 0. The second kappa shape index (κ2) is 9.35. The molecule has 4 rings (SSSR count). The van der Waals surface area contributed by atoms with Crippen molar-refractivity contribution < 1.29 is 22.7 Å². The van der Waals surface area contributed by atoms with Gasteiger partial charge in [0.2, 0.25) is 0 Å². The summed E-state index contributed by atoms with van der Waals surface area (Å²) in [5.74, 6) is 0.468. The first kappa shape index (κ1) is 22.4. The van der Waals surface area contributed by atoms with Gasteiger partial charge in [0.15, 0.2) is 12.4 Å². The molecular weight excluding hydrogens is 491 g/mol. The Hall–Kier alpha value is -2.82. The molecule has 170 valence electrons. The highest BCUT2D eigenvalue weighted by molar-refractivity contribution is 9.10. The highest BCUT2D eigenvalue weighted by Crippen LogP contribution is 2.42. The van der Waals surface area contributed by atoms with Crippen molar-refractivity contribution in [2.45, 2.75) is 44.6 Å². The van der Waals surface area contributed by atoms with E-state index in [2.05, 4.69) is 31.4 Å². The first-order valence-corrected chi connectivity index (χ1v) is 10.9. The molecule has 0 aliphatic heterocycles. The molecule has 1 N–H and O–H groups in total. The lowest BCUT2D eigenvalue weighted by molar-refractivity contribution is -0.141. The Bertz CT molecular complexity index is 1070. The number of nitrogens with one attached hydrogen (secondary N) is 1. The van der Waals surface area contributed by atoms with Gasteiger partial charge in [0.25, 0.3) is 5.91 Å². The summed E-state index contributed by atoms with van der Waals surface area (Å²) < 4.78 is 48.4. The van der Waals surface area contributed by atoms with E-state index in [4.69, 9.17) is 4.74 Å². The van der Waals surface area contributed by atoms with E-state index in [-0.39, 0.29) is 24.2 Å². The summed E-state index contributed by atoms with van der Waals surface area (Å²) in [6.07, 6.45) is -0.596. The van der Waals surface area contributed by atoms with Gasteiger partial charge in [0.05, 0.1) is 0 Å². The van der Waals surface area contributed by atoms with Gasteiger partial charge in [0.1, 0.15) is 11.4 Å². The number of rotatable bonds is 9. The van der Waals surface area contributed by atoms with Crippen LogP contribution in [-0.2, 0) is 19.5 Å². The van der Waals surface area contributed by atoms with Crippen LogP contribution in [0.15, 0.2) is 47.1 Å². The molecule has 0 radical (unpaired) electrons. The lowest BCUT2D eigenvalue weighted by Crippen LogP contribution is -2.26. The van der Waals surface area contributed by atoms with Gasteiger partial charge < -0.3 is 10.1 Å². The van der Waals surface area contributed by atoms with Crippen LogP contribution in [0.3, 0.4) is 0 Å². The van der Waals surface area contributed by atoms with Crippen LogP contribution < -0.4 is 10.1 Å². The van der Waals surface area contributed by atoms with E-state index < -0.39 is 11.9 Å². The molecule has 1 aromatic carbocycles. The molecule has 0 unspecified atom stereocenters. The average Bonchev–Trinajstić information content (AvgIpc) is 3.31. The monoisotopic (exact) mass is 511 g/mol. The Morgan fingerprint density at radius 2 is 1.94 bits per heavy atom. The summed E-state index contributed by atoms with van der Waals surface area (Å²) >= 11 is 3.35. The van der Waals surface area contributed by atoms with E-state index in [1.165, 1.54) is 9.36 Å². The minimum Gasteiger partial charge on any atom is -0.471 e. The van der Waals surface area contributed by atoms with Gasteiger partial charge in [-0.3, -0.25) is 9.48 Å².